The number of nitrogens with zero attached hydrogens (tertiary/aromatic N) is 3. The SMILES string of the molecule is COc1cc(C)nc(NC(=O)N(c2c(Cl)cccc2Cl)S(=O)(=O)[O-])n1. The third-order valence-corrected chi connectivity index (χ3v) is 4.21. The largest absolute Gasteiger partial charge is 0.730 e. The zero-order valence-corrected chi connectivity index (χ0v) is 15.2. The Kier molecular flexibility index (Phi) is 5.68. The van der Waals surface area contributed by atoms with Crippen LogP contribution in [0.3, 0.4) is 0 Å². The molecule has 2 rings (SSSR count). The molecule has 9 nitrogen and oxygen atoms in total. The van der Waals surface area contributed by atoms with Gasteiger partial charge in [0.2, 0.25) is 11.8 Å². The Labute approximate surface area is 153 Å². The van der Waals surface area contributed by atoms with Gasteiger partial charge in [-0.2, -0.15) is 9.29 Å². The zero-order valence-electron chi connectivity index (χ0n) is 12.9. The fourth-order valence-corrected chi connectivity index (χ4v) is 3.18. The minimum absolute atomic E-state index is 0.101. The number of rotatable bonds is 4. The van der Waals surface area contributed by atoms with Crippen molar-refractivity contribution in [2.24, 2.45) is 0 Å². The van der Waals surface area contributed by atoms with Gasteiger partial charge in [-0.05, 0) is 19.1 Å². The van der Waals surface area contributed by atoms with Crippen LogP contribution in [0.15, 0.2) is 24.3 Å². The zero-order chi connectivity index (χ0) is 18.8. The van der Waals surface area contributed by atoms with E-state index in [0.29, 0.717) is 5.69 Å². The molecular weight excluding hydrogens is 395 g/mol. The van der Waals surface area contributed by atoms with Gasteiger partial charge in [-0.25, -0.2) is 18.2 Å². The van der Waals surface area contributed by atoms with E-state index in [2.05, 4.69) is 15.3 Å². The number of carbonyl (C=O) groups is 1. The van der Waals surface area contributed by atoms with Gasteiger partial charge in [0, 0.05) is 11.8 Å². The molecular formula is C13H11Cl2N4O5S-. The van der Waals surface area contributed by atoms with Crippen LogP contribution in [0, 0.1) is 6.92 Å². The fourth-order valence-electron chi connectivity index (χ4n) is 1.84. The summed E-state index contributed by atoms with van der Waals surface area (Å²) in [7, 11) is -3.94. The van der Waals surface area contributed by atoms with Crippen LogP contribution in [-0.2, 0) is 10.3 Å². The van der Waals surface area contributed by atoms with Crippen LogP contribution in [-0.4, -0.2) is 36.1 Å². The molecule has 1 N–H and O–H groups in total. The monoisotopic (exact) mass is 405 g/mol. The van der Waals surface area contributed by atoms with Gasteiger partial charge >= 0.3 is 6.03 Å². The van der Waals surface area contributed by atoms with Crippen molar-refractivity contribution in [2.75, 3.05) is 16.7 Å². The first-order valence-electron chi connectivity index (χ1n) is 6.54. The first-order valence-corrected chi connectivity index (χ1v) is 8.66. The molecule has 0 bridgehead atoms. The third kappa shape index (κ3) is 4.48. The minimum atomic E-state index is -5.29. The lowest BCUT2D eigenvalue weighted by molar-refractivity contribution is 0.259. The van der Waals surface area contributed by atoms with Gasteiger partial charge in [-0.3, -0.25) is 5.32 Å². The Morgan fingerprint density at radius 3 is 2.40 bits per heavy atom. The quantitative estimate of drug-likeness (QED) is 0.774. The molecule has 0 spiro atoms. The Morgan fingerprint density at radius 1 is 1.28 bits per heavy atom. The van der Waals surface area contributed by atoms with E-state index in [1.807, 2.05) is 0 Å². The third-order valence-electron chi connectivity index (χ3n) is 2.81. The second kappa shape index (κ2) is 7.40. The summed E-state index contributed by atoms with van der Waals surface area (Å²) >= 11 is 11.8. The highest BCUT2D eigenvalue weighted by Gasteiger charge is 2.27. The number of nitrogens with one attached hydrogen (secondary N) is 1. The Balaban J connectivity index is 2.47. The number of aromatic nitrogens is 2. The molecule has 0 radical (unpaired) electrons. The highest BCUT2D eigenvalue weighted by Crippen LogP contribution is 2.35. The molecule has 0 aliphatic heterocycles. The molecule has 0 aliphatic rings. The lowest BCUT2D eigenvalue weighted by Crippen LogP contribution is -2.40. The predicted octanol–water partition coefficient (Wildman–Crippen LogP) is 2.60. The van der Waals surface area contributed by atoms with Crippen LogP contribution >= 0.6 is 23.2 Å². The van der Waals surface area contributed by atoms with Crippen molar-refractivity contribution in [2.45, 2.75) is 6.92 Å². The topological polar surface area (TPSA) is 125 Å². The summed E-state index contributed by atoms with van der Waals surface area (Å²) in [6.45, 7) is 1.60. The van der Waals surface area contributed by atoms with Crippen molar-refractivity contribution in [3.8, 4) is 5.88 Å². The van der Waals surface area contributed by atoms with Crippen LogP contribution < -0.4 is 14.4 Å². The van der Waals surface area contributed by atoms with E-state index in [9.17, 15) is 17.8 Å². The maximum absolute atomic E-state index is 12.4. The molecule has 0 saturated heterocycles. The minimum Gasteiger partial charge on any atom is -0.730 e. The standard InChI is InChI=1S/C13H12Cl2N4O5S/c1-7-6-10(24-2)17-12(16-7)18-13(20)19(25(21,22)23)11-8(14)4-3-5-9(11)15/h3-6H,1-2H3,(H,21,22,23)(H,16,17,18,20)/p-1. The van der Waals surface area contributed by atoms with Crippen LogP contribution in [0.1, 0.15) is 5.69 Å². The first kappa shape index (κ1) is 19.2. The lowest BCUT2D eigenvalue weighted by atomic mass is 10.3. The Bertz CT molecular complexity index is 902. The highest BCUT2D eigenvalue weighted by molar-refractivity contribution is 7.88. The molecule has 25 heavy (non-hydrogen) atoms. The maximum Gasteiger partial charge on any atom is 0.341 e. The molecule has 2 amide bonds. The summed E-state index contributed by atoms with van der Waals surface area (Å²) in [5, 5.41) is 1.70. The van der Waals surface area contributed by atoms with Gasteiger partial charge in [-0.1, -0.05) is 29.3 Å². The second-order valence-electron chi connectivity index (χ2n) is 4.60. The molecule has 2 aromatic rings. The summed E-state index contributed by atoms with van der Waals surface area (Å²) in [4.78, 5) is 20.1. The number of hydrogen-bond acceptors (Lipinski definition) is 7. The molecule has 0 saturated carbocycles. The molecule has 1 aromatic heterocycles. The number of urea groups is 1. The summed E-state index contributed by atoms with van der Waals surface area (Å²) < 4.78 is 39.6. The number of anilines is 2. The first-order chi connectivity index (χ1) is 11.6. The van der Waals surface area contributed by atoms with E-state index in [-0.39, 0.29) is 26.2 Å². The molecule has 0 aliphatic carbocycles. The van der Waals surface area contributed by atoms with E-state index in [0.717, 1.165) is 0 Å². The van der Waals surface area contributed by atoms with Gasteiger partial charge in [-0.15, -0.1) is 0 Å². The Morgan fingerprint density at radius 2 is 1.88 bits per heavy atom. The molecule has 1 heterocycles. The van der Waals surface area contributed by atoms with E-state index in [4.69, 9.17) is 27.9 Å². The van der Waals surface area contributed by atoms with Crippen molar-refractivity contribution < 1.29 is 22.5 Å². The number of hydrogen-bond donors (Lipinski definition) is 1. The summed E-state index contributed by atoms with van der Waals surface area (Å²) in [5.74, 6) is -0.131. The van der Waals surface area contributed by atoms with Crippen molar-refractivity contribution >= 4 is 51.2 Å². The molecule has 0 unspecified atom stereocenters. The number of ether oxygens (including phenoxy) is 1. The number of methoxy groups -OCH3 is 1. The number of benzene rings is 1. The van der Waals surface area contributed by atoms with Gasteiger partial charge < -0.3 is 9.29 Å². The maximum atomic E-state index is 12.4. The number of carbonyl (C=O) groups excluding carboxylic acids is 1. The van der Waals surface area contributed by atoms with Crippen molar-refractivity contribution in [3.05, 3.63) is 40.0 Å². The fraction of sp³-hybridized carbons (Fsp3) is 0.154. The smallest absolute Gasteiger partial charge is 0.341 e. The van der Waals surface area contributed by atoms with Crippen molar-refractivity contribution in [1.29, 1.82) is 0 Å². The van der Waals surface area contributed by atoms with Gasteiger partial charge in [0.05, 0.1) is 22.8 Å². The van der Waals surface area contributed by atoms with Gasteiger partial charge in [0.15, 0.2) is 10.3 Å². The molecule has 1 aromatic carbocycles. The number of aryl methyl sites for hydroxylation is 1. The van der Waals surface area contributed by atoms with Crippen LogP contribution in [0.2, 0.25) is 10.0 Å². The van der Waals surface area contributed by atoms with Crippen molar-refractivity contribution in [1.82, 2.24) is 9.97 Å². The molecule has 134 valence electrons. The highest BCUT2D eigenvalue weighted by atomic mass is 35.5. The predicted molar refractivity (Wildman–Crippen MR) is 91.0 cm³/mol. The molecule has 12 heteroatoms. The van der Waals surface area contributed by atoms with Crippen LogP contribution in [0.4, 0.5) is 16.4 Å². The number of amides is 2. The van der Waals surface area contributed by atoms with E-state index < -0.39 is 22.0 Å². The van der Waals surface area contributed by atoms with Gasteiger partial charge in [0.25, 0.3) is 0 Å². The summed E-state index contributed by atoms with van der Waals surface area (Å²) in [6, 6.07) is 4.12. The van der Waals surface area contributed by atoms with Gasteiger partial charge in [0.1, 0.15) is 0 Å². The molecule has 0 atom stereocenters. The molecule has 0 fully saturated rings. The van der Waals surface area contributed by atoms with E-state index in [1.165, 1.54) is 31.4 Å². The average Bonchev–Trinajstić information content (AvgIpc) is 2.48. The normalized spacial score (nSPS) is 11.1. The van der Waals surface area contributed by atoms with Crippen LogP contribution in [0.5, 0.6) is 5.88 Å². The second-order valence-corrected chi connectivity index (χ2v) is 6.63. The summed E-state index contributed by atoms with van der Waals surface area (Å²) in [5.41, 5.74) is -0.0348. The number of para-hydroxylation sites is 1. The lowest BCUT2D eigenvalue weighted by Gasteiger charge is -2.26. The summed E-state index contributed by atoms with van der Waals surface area (Å²) in [6.07, 6.45) is 0. The van der Waals surface area contributed by atoms with Crippen LogP contribution in [0.25, 0.3) is 0 Å². The number of halogens is 2. The Hall–Kier alpha value is -2.14. The average molecular weight is 406 g/mol. The van der Waals surface area contributed by atoms with E-state index >= 15 is 0 Å². The van der Waals surface area contributed by atoms with Crippen molar-refractivity contribution in [3.63, 3.8) is 0 Å². The van der Waals surface area contributed by atoms with E-state index in [1.54, 1.807) is 6.92 Å².